The van der Waals surface area contributed by atoms with Crippen molar-refractivity contribution in [1.82, 2.24) is 0 Å². The molecular formula is C3H3KN2OS2. The Hall–Kier alpha value is 1.17. The molecule has 0 aliphatic carbocycles. The molecule has 9 heavy (non-hydrogen) atoms. The summed E-state index contributed by atoms with van der Waals surface area (Å²) in [5.74, 6) is 0. The second kappa shape index (κ2) is 7.28. The Kier molecular flexibility index (Phi) is 10.4. The van der Waals surface area contributed by atoms with E-state index in [9.17, 15) is 5.11 Å². The third kappa shape index (κ3) is 7.06. The molecule has 3 nitrogen and oxygen atoms in total. The number of rotatable bonds is 0. The second-order valence-electron chi connectivity index (χ2n) is 0.919. The van der Waals surface area contributed by atoms with Gasteiger partial charge < -0.3 is 5.11 Å². The summed E-state index contributed by atoms with van der Waals surface area (Å²) in [7, 11) is -0.882. The summed E-state index contributed by atoms with van der Waals surface area (Å²) in [6.45, 7) is 0. The van der Waals surface area contributed by atoms with Gasteiger partial charge in [0.15, 0.2) is 0 Å². The van der Waals surface area contributed by atoms with Gasteiger partial charge in [-0.15, -0.1) is 4.36 Å². The van der Waals surface area contributed by atoms with Crippen LogP contribution in [0.1, 0.15) is 0 Å². The van der Waals surface area contributed by atoms with Crippen molar-refractivity contribution in [3.63, 3.8) is 0 Å². The monoisotopic (exact) mass is 186 g/mol. The number of nitrogens with zero attached hydrogens (tertiary/aromatic N) is 2. The van der Waals surface area contributed by atoms with Crippen LogP contribution in [0.3, 0.4) is 0 Å². The van der Waals surface area contributed by atoms with Crippen molar-refractivity contribution >= 4 is 27.3 Å². The van der Waals surface area contributed by atoms with Crippen LogP contribution in [0, 0.1) is 11.5 Å². The van der Waals surface area contributed by atoms with Crippen LogP contribution in [0.15, 0.2) is 4.36 Å². The SMILES string of the molecule is CS(=NC#N)C([O-])=S.[K+]. The Morgan fingerprint density at radius 2 is 2.33 bits per heavy atom. The predicted octanol–water partition coefficient (Wildman–Crippen LogP) is -3.45. The smallest absolute Gasteiger partial charge is 0.859 e. The zero-order valence-corrected chi connectivity index (χ0v) is 9.88. The van der Waals surface area contributed by atoms with E-state index in [1.54, 1.807) is 0 Å². The number of thiocarbonyl (C=S) groups is 1. The summed E-state index contributed by atoms with van der Waals surface area (Å²) in [5, 5.41) is 18.0. The minimum Gasteiger partial charge on any atom is -0.859 e. The molecule has 0 aromatic heterocycles. The molecule has 0 amide bonds. The first-order valence-corrected chi connectivity index (χ1v) is 3.65. The van der Waals surface area contributed by atoms with Gasteiger partial charge in [-0.2, -0.15) is 5.26 Å². The summed E-state index contributed by atoms with van der Waals surface area (Å²) in [6.07, 6.45) is 3.01. The minimum atomic E-state index is -0.882. The average molecular weight is 186 g/mol. The van der Waals surface area contributed by atoms with Gasteiger partial charge in [0.2, 0.25) is 6.19 Å². The first kappa shape index (κ1) is 12.8. The van der Waals surface area contributed by atoms with Gasteiger partial charge in [-0.05, 0) is 6.26 Å². The molecule has 0 heterocycles. The van der Waals surface area contributed by atoms with Crippen LogP contribution in [0.2, 0.25) is 0 Å². The Morgan fingerprint density at radius 1 is 1.89 bits per heavy atom. The van der Waals surface area contributed by atoms with E-state index in [2.05, 4.69) is 16.6 Å². The molecule has 44 valence electrons. The van der Waals surface area contributed by atoms with Gasteiger partial charge in [-0.3, -0.25) is 0 Å². The van der Waals surface area contributed by atoms with Crippen LogP contribution in [-0.4, -0.2) is 10.6 Å². The molecule has 0 rings (SSSR count). The van der Waals surface area contributed by atoms with Crippen molar-refractivity contribution in [2.75, 3.05) is 6.26 Å². The summed E-state index contributed by atoms with van der Waals surface area (Å²) in [5.41, 5.74) is 0. The van der Waals surface area contributed by atoms with Crippen molar-refractivity contribution in [2.45, 2.75) is 0 Å². The molecular weight excluding hydrogens is 183 g/mol. The van der Waals surface area contributed by atoms with E-state index in [1.165, 1.54) is 12.4 Å². The summed E-state index contributed by atoms with van der Waals surface area (Å²) >= 11 is 4.20. The fourth-order valence-corrected chi connectivity index (χ4v) is 0.407. The Labute approximate surface area is 104 Å². The van der Waals surface area contributed by atoms with Gasteiger partial charge >= 0.3 is 51.4 Å². The van der Waals surface area contributed by atoms with E-state index in [0.717, 1.165) is 0 Å². The quantitative estimate of drug-likeness (QED) is 0.224. The van der Waals surface area contributed by atoms with Gasteiger partial charge in [0.1, 0.15) is 0 Å². The van der Waals surface area contributed by atoms with E-state index in [1.807, 2.05) is 0 Å². The Balaban J connectivity index is 0. The molecule has 1 atom stereocenters. The van der Waals surface area contributed by atoms with Crippen LogP contribution in [0.4, 0.5) is 0 Å². The summed E-state index contributed by atoms with van der Waals surface area (Å²) in [4.78, 5) is 0. The van der Waals surface area contributed by atoms with E-state index >= 15 is 0 Å². The van der Waals surface area contributed by atoms with Crippen LogP contribution in [0.5, 0.6) is 0 Å². The van der Waals surface area contributed by atoms with Gasteiger partial charge in [0.05, 0.1) is 0 Å². The normalized spacial score (nSPS) is 11.1. The zero-order valence-electron chi connectivity index (χ0n) is 5.12. The van der Waals surface area contributed by atoms with E-state index in [4.69, 9.17) is 5.26 Å². The van der Waals surface area contributed by atoms with Gasteiger partial charge in [-0.25, -0.2) is 0 Å². The topological polar surface area (TPSA) is 59.2 Å². The zero-order chi connectivity index (χ0) is 6.57. The maximum absolute atomic E-state index is 10.1. The van der Waals surface area contributed by atoms with Crippen molar-refractivity contribution in [3.8, 4) is 6.19 Å². The maximum Gasteiger partial charge on any atom is 1.00 e. The second-order valence-corrected chi connectivity index (χ2v) is 3.06. The molecule has 0 fully saturated rings. The maximum atomic E-state index is 10.1. The number of hydrogen-bond acceptors (Lipinski definition) is 4. The van der Waals surface area contributed by atoms with E-state index in [0.29, 0.717) is 0 Å². The van der Waals surface area contributed by atoms with Crippen LogP contribution >= 0.6 is 12.2 Å². The molecule has 0 saturated carbocycles. The molecule has 0 aliphatic heterocycles. The van der Waals surface area contributed by atoms with Crippen molar-refractivity contribution in [1.29, 1.82) is 5.26 Å². The molecule has 0 aliphatic rings. The summed E-state index contributed by atoms with van der Waals surface area (Å²) in [6, 6.07) is 0. The third-order valence-electron chi connectivity index (χ3n) is 0.419. The van der Waals surface area contributed by atoms with E-state index in [-0.39, 0.29) is 51.4 Å². The van der Waals surface area contributed by atoms with Crippen LogP contribution in [0.25, 0.3) is 0 Å². The molecule has 6 heteroatoms. The summed E-state index contributed by atoms with van der Waals surface area (Å²) < 4.78 is 2.74. The minimum absolute atomic E-state index is 0. The molecule has 0 N–H and O–H groups in total. The van der Waals surface area contributed by atoms with Crippen molar-refractivity contribution in [2.24, 2.45) is 4.36 Å². The average Bonchev–Trinajstić information content (AvgIpc) is 1.67. The van der Waals surface area contributed by atoms with Gasteiger partial charge in [0.25, 0.3) is 0 Å². The first-order chi connectivity index (χ1) is 3.68. The molecule has 0 aromatic rings. The van der Waals surface area contributed by atoms with Crippen molar-refractivity contribution < 1.29 is 56.5 Å². The molecule has 0 aromatic carbocycles. The standard InChI is InChI=1S/C3H4N2OS2.K/c1-8(3(6)7)5-2-4;/h1H3,(H,6,7);/q;+1/p-1. The fraction of sp³-hybridized carbons (Fsp3) is 0.333. The first-order valence-electron chi connectivity index (χ1n) is 1.65. The van der Waals surface area contributed by atoms with Crippen LogP contribution in [-0.2, 0) is 10.7 Å². The van der Waals surface area contributed by atoms with Gasteiger partial charge in [-0.1, -0.05) is 22.9 Å². The number of nitriles is 1. The molecule has 0 spiro atoms. The largest absolute Gasteiger partial charge is 1.00 e. The fourth-order valence-electron chi connectivity index (χ4n) is 0.0985. The molecule has 1 unspecified atom stereocenters. The van der Waals surface area contributed by atoms with E-state index < -0.39 is 15.1 Å². The van der Waals surface area contributed by atoms with Crippen molar-refractivity contribution in [3.05, 3.63) is 0 Å². The predicted molar refractivity (Wildman–Crippen MR) is 33.9 cm³/mol. The third-order valence-corrected chi connectivity index (χ3v) is 1.98. The Morgan fingerprint density at radius 3 is 2.44 bits per heavy atom. The number of hydrogen-bond donors (Lipinski definition) is 0. The molecule has 0 radical (unpaired) electrons. The Bertz CT molecular complexity index is 173. The molecule has 0 saturated heterocycles. The molecule has 0 bridgehead atoms. The van der Waals surface area contributed by atoms with Crippen LogP contribution < -0.4 is 56.5 Å². The van der Waals surface area contributed by atoms with Gasteiger partial charge in [0, 0.05) is 4.38 Å².